The molecule has 0 bridgehead atoms. The molecular formula is C45H49Cl2FN5O5Si. The van der Waals surface area contributed by atoms with Gasteiger partial charge in [-0.3, -0.25) is 14.3 Å². The van der Waals surface area contributed by atoms with Gasteiger partial charge in [0.15, 0.2) is 0 Å². The summed E-state index contributed by atoms with van der Waals surface area (Å²) in [5.41, 5.74) is 6.04. The Hall–Kier alpha value is -4.46. The second-order valence-electron chi connectivity index (χ2n) is 16.0. The Morgan fingerprint density at radius 2 is 1.73 bits per heavy atom. The normalized spacial score (nSPS) is 19.4. The Balaban J connectivity index is 1.07. The number of benzene rings is 4. The molecule has 7 rings (SSSR count). The number of ether oxygens (including phenoxy) is 2. The van der Waals surface area contributed by atoms with Crippen LogP contribution >= 0.6 is 23.2 Å². The number of fused-ring (bicyclic) bond motifs is 1. The highest BCUT2D eigenvalue weighted by Gasteiger charge is 2.33. The first-order valence-corrected chi connectivity index (χ1v) is 21.2. The van der Waals surface area contributed by atoms with E-state index in [-0.39, 0.29) is 24.8 Å². The highest BCUT2D eigenvalue weighted by molar-refractivity contribution is 6.36. The van der Waals surface area contributed by atoms with E-state index >= 15 is 4.39 Å². The van der Waals surface area contributed by atoms with E-state index < -0.39 is 16.9 Å². The largest absolute Gasteiger partial charge is 0.496 e. The van der Waals surface area contributed by atoms with Crippen LogP contribution in [-0.4, -0.2) is 81.4 Å². The summed E-state index contributed by atoms with van der Waals surface area (Å²) in [6.07, 6.45) is 7.18. The molecule has 4 aromatic carbocycles. The van der Waals surface area contributed by atoms with Crippen molar-refractivity contribution in [2.75, 3.05) is 34.4 Å². The van der Waals surface area contributed by atoms with Crippen molar-refractivity contribution in [3.8, 4) is 33.8 Å². The zero-order chi connectivity index (χ0) is 41.8. The van der Waals surface area contributed by atoms with Crippen molar-refractivity contribution in [1.82, 2.24) is 25.3 Å². The van der Waals surface area contributed by atoms with E-state index in [1.165, 1.54) is 13.2 Å². The smallest absolute Gasteiger partial charge is 0.303 e. The zero-order valence-corrected chi connectivity index (χ0v) is 36.1. The lowest BCUT2D eigenvalue weighted by Gasteiger charge is -2.31. The van der Waals surface area contributed by atoms with Crippen LogP contribution in [-0.2, 0) is 29.2 Å². The highest BCUT2D eigenvalue weighted by atomic mass is 35.5. The summed E-state index contributed by atoms with van der Waals surface area (Å²) in [6.45, 7) is 2.64. The Morgan fingerprint density at radius 1 is 1.02 bits per heavy atom. The summed E-state index contributed by atoms with van der Waals surface area (Å²) in [4.78, 5) is 25.2. The molecule has 1 aliphatic carbocycles. The number of aliphatic carboxylic acids is 1. The SMILES string of the molecule is COc1cc(Cn2ncc3c(-c4cccc(-c5cc(F)c(CNC[C@]6([Si])CCC(=O)N6)c(OC)c5)c4Cl)cccc32)c(Cl)cc1CN(C)CC1CCC(CC(=O)O)CC1. The molecule has 2 heterocycles. The van der Waals surface area contributed by atoms with Gasteiger partial charge in [0.2, 0.25) is 5.91 Å². The molecule has 1 aromatic heterocycles. The van der Waals surface area contributed by atoms with Crippen molar-refractivity contribution in [3.05, 3.63) is 99.4 Å². The zero-order valence-electron chi connectivity index (χ0n) is 33.5. The first-order chi connectivity index (χ1) is 28.3. The van der Waals surface area contributed by atoms with Crippen LogP contribution in [0.1, 0.15) is 61.6 Å². The monoisotopic (exact) mass is 856 g/mol. The van der Waals surface area contributed by atoms with Crippen molar-refractivity contribution in [2.24, 2.45) is 11.8 Å². The summed E-state index contributed by atoms with van der Waals surface area (Å²) in [6, 6.07) is 18.9. The maximum atomic E-state index is 15.8. The summed E-state index contributed by atoms with van der Waals surface area (Å²) in [5.74, 6) is 0.808. The molecule has 1 saturated heterocycles. The van der Waals surface area contributed by atoms with Crippen molar-refractivity contribution in [2.45, 2.75) is 69.7 Å². The van der Waals surface area contributed by atoms with Gasteiger partial charge >= 0.3 is 5.97 Å². The van der Waals surface area contributed by atoms with Crippen molar-refractivity contribution >= 4 is 56.2 Å². The molecular weight excluding hydrogens is 809 g/mol. The predicted octanol–water partition coefficient (Wildman–Crippen LogP) is 8.46. The van der Waals surface area contributed by atoms with E-state index in [4.69, 9.17) is 42.9 Å². The fraction of sp³-hybridized carbons (Fsp3) is 0.400. The molecule has 1 atom stereocenters. The number of amides is 1. The van der Waals surface area contributed by atoms with Crippen molar-refractivity contribution in [3.63, 3.8) is 0 Å². The molecule has 5 aromatic rings. The van der Waals surface area contributed by atoms with Crippen molar-refractivity contribution in [1.29, 1.82) is 0 Å². The lowest BCUT2D eigenvalue weighted by atomic mass is 9.80. The van der Waals surface area contributed by atoms with Crippen LogP contribution in [0.15, 0.2) is 66.9 Å². The van der Waals surface area contributed by atoms with E-state index in [9.17, 15) is 9.59 Å². The number of aromatic nitrogens is 2. The number of carboxylic acids is 1. The van der Waals surface area contributed by atoms with E-state index in [1.54, 1.807) is 13.2 Å². The minimum absolute atomic E-state index is 0.0191. The van der Waals surface area contributed by atoms with Crippen LogP contribution in [0.5, 0.6) is 11.5 Å². The standard InChI is InChI=1S/C45H49Cl2FN5O5Si/c1-52(23-28-12-10-27(11-13-28)16-43(55)56)24-31-17-37(46)30(20-40(31)57-2)25-53-39-9-5-7-33(35(39)22-50-53)34-8-4-6-32(44(34)47)29-18-38(48)36(41(19-29)58-3)21-49-26-45(59)15-14-42(54)51-45/h4-9,17-20,22,27-28,49H,10-16,21,23-26H2,1-3H3,(H,51,54)(H,55,56)/t27?,28?,45-/m1/s1. The number of carbonyl (C=O) groups excluding carboxylic acids is 1. The fourth-order valence-electron chi connectivity index (χ4n) is 8.69. The van der Waals surface area contributed by atoms with Crippen molar-refractivity contribution < 1.29 is 28.6 Å². The third kappa shape index (κ3) is 9.79. The van der Waals surface area contributed by atoms with Crippen LogP contribution in [0.3, 0.4) is 0 Å². The molecule has 2 aliphatic rings. The first-order valence-electron chi connectivity index (χ1n) is 20.0. The topological polar surface area (TPSA) is 118 Å². The van der Waals surface area contributed by atoms with Crippen LogP contribution < -0.4 is 20.1 Å². The van der Waals surface area contributed by atoms with Gasteiger partial charge in [0.1, 0.15) is 17.3 Å². The Labute approximate surface area is 357 Å². The number of hydrogen-bond acceptors (Lipinski definition) is 7. The first kappa shape index (κ1) is 42.7. The summed E-state index contributed by atoms with van der Waals surface area (Å²) < 4.78 is 29.2. The number of halogens is 3. The number of nitrogens with zero attached hydrogens (tertiary/aromatic N) is 3. The number of methoxy groups -OCH3 is 2. The quantitative estimate of drug-likeness (QED) is 0.0847. The maximum absolute atomic E-state index is 15.8. The molecule has 0 unspecified atom stereocenters. The van der Waals surface area contributed by atoms with E-state index in [1.807, 2.05) is 59.4 Å². The number of nitrogens with one attached hydrogen (secondary N) is 2. The Kier molecular flexibility index (Phi) is 13.3. The fourth-order valence-corrected chi connectivity index (χ4v) is 9.67. The van der Waals surface area contributed by atoms with Gasteiger partial charge < -0.3 is 30.1 Å². The lowest BCUT2D eigenvalue weighted by molar-refractivity contribution is -0.138. The second-order valence-corrected chi connectivity index (χ2v) is 17.8. The van der Waals surface area contributed by atoms with Crippen LogP contribution in [0.25, 0.3) is 33.2 Å². The third-order valence-electron chi connectivity index (χ3n) is 11.8. The molecule has 14 heteroatoms. The predicted molar refractivity (Wildman–Crippen MR) is 231 cm³/mol. The number of rotatable bonds is 16. The van der Waals surface area contributed by atoms with Gasteiger partial charge in [0.25, 0.3) is 0 Å². The number of carboxylic acid groups (broad SMARTS) is 1. The molecule has 59 heavy (non-hydrogen) atoms. The average Bonchev–Trinajstić information content (AvgIpc) is 3.78. The summed E-state index contributed by atoms with van der Waals surface area (Å²) in [7, 11) is 8.94. The Morgan fingerprint density at radius 3 is 2.44 bits per heavy atom. The van der Waals surface area contributed by atoms with E-state index in [2.05, 4.69) is 32.8 Å². The molecule has 2 fully saturated rings. The highest BCUT2D eigenvalue weighted by Crippen LogP contribution is 2.41. The van der Waals surface area contributed by atoms with Crippen LogP contribution in [0.2, 0.25) is 10.0 Å². The third-order valence-corrected chi connectivity index (χ3v) is 13.1. The lowest BCUT2D eigenvalue weighted by Crippen LogP contribution is -2.50. The van der Waals surface area contributed by atoms with Crippen LogP contribution in [0.4, 0.5) is 4.39 Å². The van der Waals surface area contributed by atoms with Gasteiger partial charge in [0.05, 0.1) is 47.7 Å². The van der Waals surface area contributed by atoms with Gasteiger partial charge in [-0.05, 0) is 98.0 Å². The summed E-state index contributed by atoms with van der Waals surface area (Å²) in [5, 5.41) is 21.5. The molecule has 1 amide bonds. The van der Waals surface area contributed by atoms with Gasteiger partial charge in [-0.25, -0.2) is 4.39 Å². The Bertz CT molecular complexity index is 2350. The van der Waals surface area contributed by atoms with Gasteiger partial charge in [-0.2, -0.15) is 5.10 Å². The molecule has 10 nitrogen and oxygen atoms in total. The van der Waals surface area contributed by atoms with E-state index in [0.717, 1.165) is 71.1 Å². The molecule has 3 radical (unpaired) electrons. The van der Waals surface area contributed by atoms with E-state index in [0.29, 0.717) is 70.9 Å². The minimum Gasteiger partial charge on any atom is -0.496 e. The minimum atomic E-state index is -0.706. The summed E-state index contributed by atoms with van der Waals surface area (Å²) >= 11 is 14.1. The molecule has 3 N–H and O–H groups in total. The molecule has 1 saturated carbocycles. The molecule has 0 spiro atoms. The van der Waals surface area contributed by atoms with Gasteiger partial charge in [-0.1, -0.05) is 53.5 Å². The van der Waals surface area contributed by atoms with Crippen LogP contribution in [0, 0.1) is 17.7 Å². The number of hydrogen-bond donors (Lipinski definition) is 3. The molecule has 309 valence electrons. The van der Waals surface area contributed by atoms with Gasteiger partial charge in [-0.15, -0.1) is 0 Å². The number of carbonyl (C=O) groups is 2. The van der Waals surface area contributed by atoms with Gasteiger partial charge in [0, 0.05) is 76.8 Å². The maximum Gasteiger partial charge on any atom is 0.303 e. The second kappa shape index (κ2) is 18.4. The molecule has 1 aliphatic heterocycles. The average molecular weight is 858 g/mol.